The average molecular weight is 719 g/mol. The van der Waals surface area contributed by atoms with Gasteiger partial charge in [0.2, 0.25) is 5.91 Å². The number of carbonyl (C=O) groups excluding carboxylic acids is 2. The van der Waals surface area contributed by atoms with Gasteiger partial charge in [0.15, 0.2) is 0 Å². The van der Waals surface area contributed by atoms with E-state index in [1.54, 1.807) is 29.2 Å². The summed E-state index contributed by atoms with van der Waals surface area (Å²) in [5.74, 6) is -5.00. The molecule has 3 aliphatic rings. The van der Waals surface area contributed by atoms with E-state index in [1.807, 2.05) is 62.9 Å². The lowest BCUT2D eigenvalue weighted by atomic mass is 9.72. The summed E-state index contributed by atoms with van der Waals surface area (Å²) in [6, 6.07) is 16.9. The SMILES string of the molecule is CC(C)(C)CN(C(=O)C1C2C[C@](C)(OCc3ccccc3)CN2[C@]2(C(=O)Nc3c(Cl)cc(Cl)cc32)C1C(=O)O)c1cc(Cl)cc(Cl)c1. The van der Waals surface area contributed by atoms with Crippen molar-refractivity contribution in [2.75, 3.05) is 23.3 Å². The Labute approximate surface area is 293 Å². The number of halogens is 4. The Hall–Kier alpha value is -2.85. The Bertz CT molecular complexity index is 1750. The Morgan fingerprint density at radius 3 is 2.28 bits per heavy atom. The minimum Gasteiger partial charge on any atom is -0.481 e. The third-order valence-corrected chi connectivity index (χ3v) is 10.3. The van der Waals surface area contributed by atoms with Crippen molar-refractivity contribution < 1.29 is 24.2 Å². The van der Waals surface area contributed by atoms with E-state index in [9.17, 15) is 14.7 Å². The third-order valence-electron chi connectivity index (χ3n) is 9.31. The summed E-state index contributed by atoms with van der Waals surface area (Å²) in [5.41, 5.74) is -1.03. The first kappa shape index (κ1) is 34.0. The summed E-state index contributed by atoms with van der Waals surface area (Å²) >= 11 is 25.9. The summed E-state index contributed by atoms with van der Waals surface area (Å²) in [5, 5.41) is 15.0. The Morgan fingerprint density at radius 2 is 1.66 bits per heavy atom. The molecule has 3 aromatic carbocycles. The first-order valence-corrected chi connectivity index (χ1v) is 16.8. The summed E-state index contributed by atoms with van der Waals surface area (Å²) in [6.07, 6.45) is 0.290. The van der Waals surface area contributed by atoms with Crippen molar-refractivity contribution >= 4 is 75.6 Å². The standard InChI is InChI=1S/C35H35Cl4N3O5/c1-33(2,3)17-41(23-11-20(36)10-21(37)12-23)30(43)27-26-15-34(4,47-16-19-8-6-5-7-9-19)18-42(26)35(28(27)31(44)45)24-13-22(38)14-25(39)29(24)40-32(35)46/h5-14,26-28H,15-18H2,1-4H3,(H,40,46)(H,44,45)/t26?,27?,28?,34-,35-/m0/s1. The second kappa shape index (κ2) is 12.2. The van der Waals surface area contributed by atoms with Gasteiger partial charge in [-0.1, -0.05) is 97.5 Å². The molecule has 0 saturated carbocycles. The Kier molecular flexibility index (Phi) is 8.86. The molecule has 2 amide bonds. The number of nitrogens with zero attached hydrogens (tertiary/aromatic N) is 2. The minimum absolute atomic E-state index is 0.178. The van der Waals surface area contributed by atoms with Crippen LogP contribution in [0.2, 0.25) is 20.1 Å². The van der Waals surface area contributed by atoms with E-state index < -0.39 is 52.2 Å². The number of amides is 2. The van der Waals surface area contributed by atoms with Gasteiger partial charge in [-0.15, -0.1) is 0 Å². The summed E-state index contributed by atoms with van der Waals surface area (Å²) in [7, 11) is 0. The molecule has 0 radical (unpaired) electrons. The maximum absolute atomic E-state index is 15.1. The number of hydrogen-bond acceptors (Lipinski definition) is 5. The summed E-state index contributed by atoms with van der Waals surface area (Å²) < 4.78 is 6.53. The number of carbonyl (C=O) groups is 3. The van der Waals surface area contributed by atoms with Crippen LogP contribution in [0, 0.1) is 17.3 Å². The number of aliphatic carboxylic acids is 1. The van der Waals surface area contributed by atoms with E-state index in [4.69, 9.17) is 51.1 Å². The number of ether oxygens (including phenoxy) is 1. The van der Waals surface area contributed by atoms with E-state index in [0.717, 1.165) is 5.56 Å². The molecule has 2 saturated heterocycles. The molecule has 5 atom stereocenters. The van der Waals surface area contributed by atoms with Crippen molar-refractivity contribution in [3.8, 4) is 0 Å². The highest BCUT2D eigenvalue weighted by Crippen LogP contribution is 2.61. The Balaban J connectivity index is 1.52. The molecule has 3 aromatic rings. The molecule has 6 rings (SSSR count). The molecule has 8 nitrogen and oxygen atoms in total. The largest absolute Gasteiger partial charge is 0.481 e. The number of nitrogens with one attached hydrogen (secondary N) is 1. The zero-order valence-electron chi connectivity index (χ0n) is 26.3. The molecule has 248 valence electrons. The van der Waals surface area contributed by atoms with E-state index in [2.05, 4.69) is 5.32 Å². The van der Waals surface area contributed by atoms with Crippen LogP contribution in [-0.4, -0.2) is 52.5 Å². The maximum atomic E-state index is 15.1. The monoisotopic (exact) mass is 717 g/mol. The highest BCUT2D eigenvalue weighted by Gasteiger charge is 2.74. The molecule has 1 spiro atoms. The molecule has 3 aliphatic heterocycles. The van der Waals surface area contributed by atoms with Crippen molar-refractivity contribution in [1.29, 1.82) is 0 Å². The zero-order valence-corrected chi connectivity index (χ0v) is 29.3. The highest BCUT2D eigenvalue weighted by molar-refractivity contribution is 6.38. The van der Waals surface area contributed by atoms with E-state index >= 15 is 4.79 Å². The van der Waals surface area contributed by atoms with Gasteiger partial charge in [-0.3, -0.25) is 19.3 Å². The number of hydrogen-bond donors (Lipinski definition) is 2. The van der Waals surface area contributed by atoms with Crippen molar-refractivity contribution in [2.45, 2.75) is 57.9 Å². The van der Waals surface area contributed by atoms with Gasteiger partial charge >= 0.3 is 5.97 Å². The molecule has 0 aliphatic carbocycles. The lowest BCUT2D eigenvalue weighted by Gasteiger charge is -2.38. The average Bonchev–Trinajstić information content (AvgIpc) is 3.56. The molecular formula is C35H35Cl4N3O5. The molecule has 0 aromatic heterocycles. The van der Waals surface area contributed by atoms with Gasteiger partial charge < -0.3 is 20.1 Å². The van der Waals surface area contributed by atoms with E-state index in [0.29, 0.717) is 34.3 Å². The molecule has 3 heterocycles. The molecule has 0 bridgehead atoms. The lowest BCUT2D eigenvalue weighted by molar-refractivity contribution is -0.153. The van der Waals surface area contributed by atoms with Crippen LogP contribution in [0.15, 0.2) is 60.7 Å². The van der Waals surface area contributed by atoms with Crippen LogP contribution in [0.4, 0.5) is 11.4 Å². The molecule has 12 heteroatoms. The normalized spacial score (nSPS) is 26.7. The minimum atomic E-state index is -1.80. The number of carboxylic acids is 1. The van der Waals surface area contributed by atoms with Crippen LogP contribution in [0.25, 0.3) is 0 Å². The topological polar surface area (TPSA) is 99.2 Å². The fraction of sp³-hybridized carbons (Fsp3) is 0.400. The number of rotatable bonds is 7. The predicted molar refractivity (Wildman–Crippen MR) is 184 cm³/mol. The number of fused-ring (bicyclic) bond motifs is 4. The summed E-state index contributed by atoms with van der Waals surface area (Å²) in [4.78, 5) is 46.4. The fourth-order valence-electron chi connectivity index (χ4n) is 7.61. The highest BCUT2D eigenvalue weighted by atomic mass is 35.5. The number of benzene rings is 3. The second-order valence-electron chi connectivity index (χ2n) is 14.1. The van der Waals surface area contributed by atoms with Crippen molar-refractivity contribution in [3.63, 3.8) is 0 Å². The van der Waals surface area contributed by atoms with Crippen LogP contribution in [0.3, 0.4) is 0 Å². The van der Waals surface area contributed by atoms with E-state index in [1.165, 1.54) is 6.07 Å². The molecule has 2 fully saturated rings. The van der Waals surface area contributed by atoms with Gasteiger partial charge in [0, 0.05) is 45.5 Å². The van der Waals surface area contributed by atoms with Crippen LogP contribution < -0.4 is 10.2 Å². The van der Waals surface area contributed by atoms with Gasteiger partial charge in [-0.25, -0.2) is 0 Å². The second-order valence-corrected chi connectivity index (χ2v) is 15.8. The molecule has 2 N–H and O–H groups in total. The van der Waals surface area contributed by atoms with Crippen LogP contribution >= 0.6 is 46.4 Å². The predicted octanol–water partition coefficient (Wildman–Crippen LogP) is 7.91. The van der Waals surface area contributed by atoms with Gasteiger partial charge in [0.1, 0.15) is 11.5 Å². The number of anilines is 2. The molecule has 47 heavy (non-hydrogen) atoms. The first-order chi connectivity index (χ1) is 22.0. The molecular weight excluding hydrogens is 684 g/mol. The van der Waals surface area contributed by atoms with E-state index in [-0.39, 0.29) is 28.8 Å². The lowest BCUT2D eigenvalue weighted by Crippen LogP contribution is -2.55. The smallest absolute Gasteiger partial charge is 0.310 e. The van der Waals surface area contributed by atoms with Crippen LogP contribution in [0.1, 0.15) is 45.2 Å². The number of carboxylic acid groups (broad SMARTS) is 1. The Morgan fingerprint density at radius 1 is 1.02 bits per heavy atom. The van der Waals surface area contributed by atoms with Crippen molar-refractivity contribution in [3.05, 3.63) is 91.9 Å². The maximum Gasteiger partial charge on any atom is 0.310 e. The first-order valence-electron chi connectivity index (χ1n) is 15.3. The fourth-order valence-corrected chi connectivity index (χ4v) is 8.67. The van der Waals surface area contributed by atoms with Gasteiger partial charge in [0.25, 0.3) is 5.91 Å². The quantitative estimate of drug-likeness (QED) is 0.258. The van der Waals surface area contributed by atoms with Crippen LogP contribution in [0.5, 0.6) is 0 Å². The van der Waals surface area contributed by atoms with Gasteiger partial charge in [0.05, 0.1) is 28.8 Å². The van der Waals surface area contributed by atoms with Gasteiger partial charge in [-0.05, 0) is 54.7 Å². The van der Waals surface area contributed by atoms with Crippen LogP contribution in [-0.2, 0) is 31.3 Å². The third kappa shape index (κ3) is 6.02. The zero-order chi connectivity index (χ0) is 34.1. The van der Waals surface area contributed by atoms with Crippen molar-refractivity contribution in [2.24, 2.45) is 17.3 Å². The molecule has 3 unspecified atom stereocenters. The van der Waals surface area contributed by atoms with Crippen molar-refractivity contribution in [1.82, 2.24) is 4.90 Å². The summed E-state index contributed by atoms with van der Waals surface area (Å²) in [6.45, 7) is 8.57. The van der Waals surface area contributed by atoms with Gasteiger partial charge in [-0.2, -0.15) is 0 Å².